The van der Waals surface area contributed by atoms with E-state index in [1.54, 1.807) is 0 Å². The van der Waals surface area contributed by atoms with Crippen molar-refractivity contribution in [2.45, 2.75) is 31.0 Å². The minimum Gasteiger partial charge on any atom is -0.345 e. The van der Waals surface area contributed by atoms with Gasteiger partial charge in [0.2, 0.25) is 5.95 Å². The number of nitrogen functional groups attached to an aromatic ring is 1. The lowest BCUT2D eigenvalue weighted by atomic mass is 9.71. The molecule has 0 bridgehead atoms. The van der Waals surface area contributed by atoms with Crippen LogP contribution in [0.1, 0.15) is 40.7 Å². The number of carbonyl (C=O) groups is 1. The minimum absolute atomic E-state index is 0.213. The maximum atomic E-state index is 12.7. The molecule has 0 radical (unpaired) electrons. The molecule has 6 nitrogen and oxygen atoms in total. The fraction of sp³-hybridized carbons (Fsp3) is 0.312. The number of nitrogens with zero attached hydrogens (tertiary/aromatic N) is 2. The molecule has 2 aromatic rings. The smallest absolute Gasteiger partial charge is 0.345 e. The Bertz CT molecular complexity index is 755. The summed E-state index contributed by atoms with van der Waals surface area (Å²) in [4.78, 5) is 19.5. The van der Waals surface area contributed by atoms with E-state index in [0.717, 1.165) is 37.0 Å². The molecule has 1 aromatic heterocycles. The van der Waals surface area contributed by atoms with Crippen molar-refractivity contribution in [3.05, 3.63) is 53.3 Å². The normalized spacial score (nSPS) is 16.0. The van der Waals surface area contributed by atoms with Crippen molar-refractivity contribution in [1.82, 2.24) is 15.4 Å². The van der Waals surface area contributed by atoms with Crippen molar-refractivity contribution in [3.8, 4) is 0 Å². The number of rotatable bonds is 4. The summed E-state index contributed by atoms with van der Waals surface area (Å²) in [5.74, 6) is 4.83. The summed E-state index contributed by atoms with van der Waals surface area (Å²) in [6.45, 7) is 0. The largest absolute Gasteiger partial charge is 0.416 e. The number of hydrogen-bond donors (Lipinski definition) is 3. The van der Waals surface area contributed by atoms with E-state index in [0.29, 0.717) is 5.95 Å². The van der Waals surface area contributed by atoms with Crippen molar-refractivity contribution < 1.29 is 18.0 Å². The van der Waals surface area contributed by atoms with Gasteiger partial charge in [-0.2, -0.15) is 13.2 Å². The number of amides is 1. The molecule has 1 amide bonds. The number of halogens is 3. The number of nitrogens with one attached hydrogen (secondary N) is 2. The van der Waals surface area contributed by atoms with Crippen LogP contribution in [-0.4, -0.2) is 15.9 Å². The molecule has 0 unspecified atom stereocenters. The Kier molecular flexibility index (Phi) is 4.34. The lowest BCUT2D eigenvalue weighted by molar-refractivity contribution is -0.137. The third kappa shape index (κ3) is 3.41. The monoisotopic (exact) mass is 351 g/mol. The van der Waals surface area contributed by atoms with Crippen LogP contribution in [0.5, 0.6) is 0 Å². The zero-order chi connectivity index (χ0) is 18.1. The van der Waals surface area contributed by atoms with Crippen molar-refractivity contribution >= 4 is 11.9 Å². The molecule has 0 atom stereocenters. The quantitative estimate of drug-likeness (QED) is 0.447. The average molecular weight is 351 g/mol. The molecule has 1 heterocycles. The lowest BCUT2D eigenvalue weighted by Gasteiger charge is -2.43. The summed E-state index contributed by atoms with van der Waals surface area (Å²) in [6, 6.07) is 5.11. The Morgan fingerprint density at radius 1 is 1.12 bits per heavy atom. The predicted molar refractivity (Wildman–Crippen MR) is 84.3 cm³/mol. The van der Waals surface area contributed by atoms with E-state index in [-0.39, 0.29) is 5.56 Å². The Labute approximate surface area is 141 Å². The van der Waals surface area contributed by atoms with Crippen molar-refractivity contribution in [1.29, 1.82) is 0 Å². The second kappa shape index (κ2) is 6.32. The zero-order valence-corrected chi connectivity index (χ0v) is 13.1. The van der Waals surface area contributed by atoms with Gasteiger partial charge in [0, 0.05) is 12.4 Å². The molecule has 132 valence electrons. The number of hydrazine groups is 1. The summed E-state index contributed by atoms with van der Waals surface area (Å²) in [6.07, 6.45) is 0.760. The van der Waals surface area contributed by atoms with Crippen LogP contribution in [0.2, 0.25) is 0 Å². The topological polar surface area (TPSA) is 92.9 Å². The van der Waals surface area contributed by atoms with Crippen LogP contribution in [0.4, 0.5) is 19.1 Å². The van der Waals surface area contributed by atoms with Gasteiger partial charge in [-0.25, -0.2) is 15.8 Å². The van der Waals surface area contributed by atoms with Crippen LogP contribution in [-0.2, 0) is 11.7 Å². The predicted octanol–water partition coefficient (Wildman–Crippen LogP) is 2.59. The van der Waals surface area contributed by atoms with E-state index in [2.05, 4.69) is 15.3 Å². The highest BCUT2D eigenvalue weighted by molar-refractivity contribution is 5.93. The molecule has 1 aliphatic carbocycles. The summed E-state index contributed by atoms with van der Waals surface area (Å²) in [5, 5.41) is 3.18. The van der Waals surface area contributed by atoms with Crippen LogP contribution in [0.25, 0.3) is 0 Å². The van der Waals surface area contributed by atoms with E-state index in [1.165, 1.54) is 24.5 Å². The molecular formula is C16H16F3N5O. The summed E-state index contributed by atoms with van der Waals surface area (Å²) in [7, 11) is 0. The van der Waals surface area contributed by atoms with E-state index in [9.17, 15) is 18.0 Å². The van der Waals surface area contributed by atoms with Gasteiger partial charge in [0.05, 0.1) is 16.7 Å². The maximum absolute atomic E-state index is 12.7. The molecule has 9 heteroatoms. The van der Waals surface area contributed by atoms with Gasteiger partial charge in [0.25, 0.3) is 5.91 Å². The first-order valence-electron chi connectivity index (χ1n) is 7.63. The van der Waals surface area contributed by atoms with Crippen molar-refractivity contribution in [3.63, 3.8) is 0 Å². The van der Waals surface area contributed by atoms with E-state index in [1.807, 2.05) is 5.43 Å². The Hall–Kier alpha value is -2.68. The fourth-order valence-electron chi connectivity index (χ4n) is 2.80. The molecule has 25 heavy (non-hydrogen) atoms. The second-order valence-electron chi connectivity index (χ2n) is 5.90. The molecule has 1 aromatic carbocycles. The van der Waals surface area contributed by atoms with Gasteiger partial charge in [-0.3, -0.25) is 10.2 Å². The first-order chi connectivity index (χ1) is 11.8. The third-order valence-corrected chi connectivity index (χ3v) is 4.37. The first-order valence-corrected chi connectivity index (χ1v) is 7.63. The number of aromatic nitrogens is 2. The molecule has 1 fully saturated rings. The summed E-state index contributed by atoms with van der Waals surface area (Å²) >= 11 is 0. The Morgan fingerprint density at radius 3 is 2.16 bits per heavy atom. The fourth-order valence-corrected chi connectivity index (χ4v) is 2.80. The number of benzene rings is 1. The molecular weight excluding hydrogens is 335 g/mol. The highest BCUT2D eigenvalue weighted by Crippen LogP contribution is 2.44. The van der Waals surface area contributed by atoms with Gasteiger partial charge in [0.1, 0.15) is 0 Å². The summed E-state index contributed by atoms with van der Waals surface area (Å²) < 4.78 is 38.1. The van der Waals surface area contributed by atoms with Gasteiger partial charge >= 0.3 is 6.18 Å². The second-order valence-corrected chi connectivity index (χ2v) is 5.90. The molecule has 0 spiro atoms. The molecule has 0 aliphatic heterocycles. The molecule has 1 saturated carbocycles. The number of nitrogens with two attached hydrogens (primary N) is 1. The van der Waals surface area contributed by atoms with Gasteiger partial charge in [-0.1, -0.05) is 12.1 Å². The zero-order valence-electron chi connectivity index (χ0n) is 13.1. The van der Waals surface area contributed by atoms with Crippen LogP contribution in [0.15, 0.2) is 36.7 Å². The van der Waals surface area contributed by atoms with Crippen LogP contribution in [0, 0.1) is 0 Å². The number of alkyl halides is 3. The Balaban J connectivity index is 1.80. The molecule has 4 N–H and O–H groups in total. The van der Waals surface area contributed by atoms with Crippen molar-refractivity contribution in [2.75, 3.05) is 5.32 Å². The number of carbonyl (C=O) groups excluding carboxylic acids is 1. The lowest BCUT2D eigenvalue weighted by Crippen LogP contribution is -2.42. The Morgan fingerprint density at radius 2 is 1.72 bits per heavy atom. The van der Waals surface area contributed by atoms with E-state index in [4.69, 9.17) is 5.84 Å². The van der Waals surface area contributed by atoms with Gasteiger partial charge in [-0.05, 0) is 37.0 Å². The standard InChI is InChI=1S/C16H16F3N5O/c17-16(18,19)12-4-2-11(3-5-12)15(6-1-7-15)23-14-21-8-10(9-22-14)13(25)24-20/h2-5,8-9H,1,6-7,20H2,(H,24,25)(H,21,22,23). The van der Waals surface area contributed by atoms with Crippen molar-refractivity contribution in [2.24, 2.45) is 5.84 Å². The minimum atomic E-state index is -4.36. The SMILES string of the molecule is NNC(=O)c1cnc(NC2(c3ccc(C(F)(F)F)cc3)CCC2)nc1. The molecule has 1 aliphatic rings. The third-order valence-electron chi connectivity index (χ3n) is 4.37. The van der Waals surface area contributed by atoms with Crippen LogP contribution < -0.4 is 16.6 Å². The maximum Gasteiger partial charge on any atom is 0.416 e. The van der Waals surface area contributed by atoms with E-state index >= 15 is 0 Å². The van der Waals surface area contributed by atoms with Gasteiger partial charge in [0.15, 0.2) is 0 Å². The molecule has 3 rings (SSSR count). The average Bonchev–Trinajstić information content (AvgIpc) is 2.57. The summed E-state index contributed by atoms with van der Waals surface area (Å²) in [5.41, 5.74) is 1.77. The van der Waals surface area contributed by atoms with E-state index < -0.39 is 23.2 Å². The number of anilines is 1. The highest BCUT2D eigenvalue weighted by Gasteiger charge is 2.40. The van der Waals surface area contributed by atoms with Gasteiger partial charge in [-0.15, -0.1) is 0 Å². The highest BCUT2D eigenvalue weighted by atomic mass is 19.4. The molecule has 0 saturated heterocycles. The number of hydrogen-bond acceptors (Lipinski definition) is 5. The van der Waals surface area contributed by atoms with Crippen LogP contribution >= 0.6 is 0 Å². The van der Waals surface area contributed by atoms with Crippen LogP contribution in [0.3, 0.4) is 0 Å². The van der Waals surface area contributed by atoms with Gasteiger partial charge < -0.3 is 5.32 Å². The first kappa shape index (κ1) is 17.2.